The molecule has 0 spiro atoms. The van der Waals surface area contributed by atoms with Gasteiger partial charge in [-0.2, -0.15) is 9.61 Å². The van der Waals surface area contributed by atoms with Crippen LogP contribution in [0.4, 0.5) is 8.78 Å². The van der Waals surface area contributed by atoms with Gasteiger partial charge in [0, 0.05) is 11.4 Å². The van der Waals surface area contributed by atoms with Crippen LogP contribution >= 0.6 is 23.1 Å². The number of nitrogens with zero attached hydrogens (tertiary/aromatic N) is 6. The van der Waals surface area contributed by atoms with E-state index in [1.165, 1.54) is 16.6 Å². The molecule has 1 aliphatic carbocycles. The van der Waals surface area contributed by atoms with Gasteiger partial charge in [0.25, 0.3) is 12.0 Å². The zero-order valence-electron chi connectivity index (χ0n) is 15.4. The van der Waals surface area contributed by atoms with Crippen molar-refractivity contribution in [3.8, 4) is 0 Å². The van der Waals surface area contributed by atoms with Crippen LogP contribution in [0.15, 0.2) is 27.1 Å². The third-order valence-corrected chi connectivity index (χ3v) is 7.00. The van der Waals surface area contributed by atoms with Crippen molar-refractivity contribution in [3.63, 3.8) is 0 Å². The lowest BCUT2D eigenvalue weighted by Gasteiger charge is -2.11. The minimum atomic E-state index is -2.78. The average molecular weight is 434 g/mol. The molecule has 0 radical (unpaired) electrons. The summed E-state index contributed by atoms with van der Waals surface area (Å²) in [6, 6.07) is 3.25. The van der Waals surface area contributed by atoms with Gasteiger partial charge in [0.05, 0.1) is 5.39 Å². The molecule has 4 aromatic heterocycles. The first-order valence-corrected chi connectivity index (χ1v) is 10.9. The third kappa shape index (κ3) is 3.03. The van der Waals surface area contributed by atoms with E-state index in [4.69, 9.17) is 4.98 Å². The second kappa shape index (κ2) is 7.13. The third-order valence-electron chi connectivity index (χ3n) is 4.89. The summed E-state index contributed by atoms with van der Waals surface area (Å²) in [6.45, 7) is 2.53. The van der Waals surface area contributed by atoms with Crippen molar-refractivity contribution in [1.29, 1.82) is 0 Å². The van der Waals surface area contributed by atoms with E-state index in [0.717, 1.165) is 46.0 Å². The first kappa shape index (κ1) is 18.6. The fourth-order valence-electron chi connectivity index (χ4n) is 3.63. The number of thiophene rings is 1. The van der Waals surface area contributed by atoms with Gasteiger partial charge in [-0.15, -0.1) is 21.5 Å². The van der Waals surface area contributed by atoms with E-state index in [2.05, 4.69) is 15.3 Å². The van der Waals surface area contributed by atoms with Crippen LogP contribution in [-0.4, -0.2) is 29.4 Å². The Morgan fingerprint density at radius 3 is 2.93 bits per heavy atom. The monoisotopic (exact) mass is 434 g/mol. The second-order valence-electron chi connectivity index (χ2n) is 6.79. The van der Waals surface area contributed by atoms with E-state index in [0.29, 0.717) is 16.7 Å². The molecule has 0 unspecified atom stereocenters. The normalized spacial score (nSPS) is 13.8. The maximum absolute atomic E-state index is 13.2. The highest BCUT2D eigenvalue weighted by molar-refractivity contribution is 7.99. The molecule has 150 valence electrons. The van der Waals surface area contributed by atoms with Gasteiger partial charge in [-0.25, -0.2) is 13.8 Å². The molecule has 7 nitrogen and oxygen atoms in total. The summed E-state index contributed by atoms with van der Waals surface area (Å²) in [7, 11) is 0. The van der Waals surface area contributed by atoms with Crippen LogP contribution in [0.1, 0.15) is 42.5 Å². The highest BCUT2D eigenvalue weighted by Crippen LogP contribution is 2.36. The molecule has 4 heterocycles. The summed E-state index contributed by atoms with van der Waals surface area (Å²) >= 11 is 2.77. The summed E-state index contributed by atoms with van der Waals surface area (Å²) in [5.41, 5.74) is 1.36. The summed E-state index contributed by atoms with van der Waals surface area (Å²) in [4.78, 5) is 20.0. The predicted molar refractivity (Wildman–Crippen MR) is 106 cm³/mol. The van der Waals surface area contributed by atoms with Crippen LogP contribution in [-0.2, 0) is 19.4 Å². The zero-order chi connectivity index (χ0) is 20.1. The number of halogens is 2. The number of rotatable bonds is 5. The van der Waals surface area contributed by atoms with Crippen molar-refractivity contribution < 1.29 is 8.78 Å². The number of hydrogen-bond donors (Lipinski definition) is 0. The smallest absolute Gasteiger partial charge is 0.287 e. The van der Waals surface area contributed by atoms with Gasteiger partial charge in [0.15, 0.2) is 10.8 Å². The summed E-state index contributed by atoms with van der Waals surface area (Å²) in [5.74, 6) is -0.508. The molecular weight excluding hydrogens is 418 g/mol. The zero-order valence-corrected chi connectivity index (χ0v) is 17.1. The molecule has 0 bridgehead atoms. The molecule has 0 aliphatic heterocycles. The Balaban J connectivity index is 1.63. The Hall–Kier alpha value is -2.40. The molecule has 29 heavy (non-hydrogen) atoms. The van der Waals surface area contributed by atoms with Gasteiger partial charge < -0.3 is 0 Å². The predicted octanol–water partition coefficient (Wildman–Crippen LogP) is 3.88. The Kier molecular flexibility index (Phi) is 4.58. The van der Waals surface area contributed by atoms with Crippen LogP contribution in [0.5, 0.6) is 0 Å². The highest BCUT2D eigenvalue weighted by atomic mass is 32.2. The Morgan fingerprint density at radius 2 is 2.14 bits per heavy atom. The maximum Gasteiger partial charge on any atom is 0.299 e. The van der Waals surface area contributed by atoms with Gasteiger partial charge in [0.1, 0.15) is 9.86 Å². The fourth-order valence-corrected chi connectivity index (χ4v) is 5.81. The van der Waals surface area contributed by atoms with Crippen molar-refractivity contribution in [2.45, 2.75) is 55.8 Å². The first-order valence-electron chi connectivity index (χ1n) is 9.30. The molecular formula is C18H16F2N6OS2. The quantitative estimate of drug-likeness (QED) is 0.444. The van der Waals surface area contributed by atoms with Crippen LogP contribution in [0.25, 0.3) is 15.9 Å². The largest absolute Gasteiger partial charge is 0.299 e. The summed E-state index contributed by atoms with van der Waals surface area (Å²) in [5, 5.41) is 13.1. The van der Waals surface area contributed by atoms with E-state index in [1.807, 2.05) is 6.92 Å². The van der Waals surface area contributed by atoms with Gasteiger partial charge >= 0.3 is 0 Å². The summed E-state index contributed by atoms with van der Waals surface area (Å²) in [6.07, 6.45) is 0.997. The molecule has 0 fully saturated rings. The van der Waals surface area contributed by atoms with Crippen molar-refractivity contribution in [1.82, 2.24) is 29.4 Å². The molecule has 0 aromatic carbocycles. The molecule has 0 saturated heterocycles. The van der Waals surface area contributed by atoms with Crippen molar-refractivity contribution in [2.75, 3.05) is 0 Å². The van der Waals surface area contributed by atoms with Crippen molar-refractivity contribution >= 4 is 39.0 Å². The number of alkyl halides is 2. The number of aryl methyl sites for hydroxylation is 2. The molecule has 11 heteroatoms. The Morgan fingerprint density at radius 1 is 1.28 bits per heavy atom. The fraction of sp³-hybridized carbons (Fsp3) is 0.389. The van der Waals surface area contributed by atoms with Gasteiger partial charge in [-0.1, -0.05) is 6.92 Å². The average Bonchev–Trinajstić information content (AvgIpc) is 3.38. The lowest BCUT2D eigenvalue weighted by atomic mass is 10.2. The molecule has 5 rings (SSSR count). The minimum absolute atomic E-state index is 0.0302. The first-order chi connectivity index (χ1) is 14.1. The van der Waals surface area contributed by atoms with Crippen LogP contribution in [0.3, 0.4) is 0 Å². The Bertz CT molecular complexity index is 1300. The van der Waals surface area contributed by atoms with E-state index >= 15 is 0 Å². The highest BCUT2D eigenvalue weighted by Gasteiger charge is 2.24. The topological polar surface area (TPSA) is 78.0 Å². The maximum atomic E-state index is 13.2. The number of aromatic nitrogens is 6. The van der Waals surface area contributed by atoms with Gasteiger partial charge in [-0.3, -0.25) is 9.36 Å². The van der Waals surface area contributed by atoms with E-state index in [9.17, 15) is 13.6 Å². The van der Waals surface area contributed by atoms with E-state index in [1.54, 1.807) is 28.0 Å². The van der Waals surface area contributed by atoms with Crippen molar-refractivity contribution in [3.05, 3.63) is 38.8 Å². The number of hydrogen-bond acceptors (Lipinski definition) is 7. The summed E-state index contributed by atoms with van der Waals surface area (Å²) < 4.78 is 29.0. The van der Waals surface area contributed by atoms with E-state index in [-0.39, 0.29) is 11.2 Å². The minimum Gasteiger partial charge on any atom is -0.287 e. The van der Waals surface area contributed by atoms with Crippen LogP contribution < -0.4 is 5.56 Å². The van der Waals surface area contributed by atoms with E-state index < -0.39 is 12.2 Å². The molecule has 0 amide bonds. The van der Waals surface area contributed by atoms with Crippen molar-refractivity contribution in [2.24, 2.45) is 0 Å². The molecule has 0 saturated carbocycles. The van der Waals surface area contributed by atoms with Gasteiger partial charge in [-0.05, 0) is 55.1 Å². The molecule has 1 aliphatic rings. The lowest BCUT2D eigenvalue weighted by molar-refractivity contribution is 0.137. The molecule has 0 atom stereocenters. The molecule has 4 aromatic rings. The van der Waals surface area contributed by atoms with Gasteiger partial charge in [0.2, 0.25) is 5.82 Å². The number of fused-ring (bicyclic) bond motifs is 4. The molecule has 0 N–H and O–H groups in total. The SMILES string of the molecule is CCCn1c(Sc2ccc3nnc(C(F)F)n3n2)nc2sc3c(c2c1=O)CCC3. The van der Waals surface area contributed by atoms with Crippen LogP contribution in [0.2, 0.25) is 0 Å². The lowest BCUT2D eigenvalue weighted by Crippen LogP contribution is -2.23. The standard InChI is InChI=1S/C18H16F2N6OS2/c1-2-8-25-17(27)13-9-4-3-5-10(9)28-16(13)21-18(25)29-12-7-6-11-22-23-15(14(19)20)26(11)24-12/h6-7,14H,2-5,8H2,1H3. The Labute approximate surface area is 171 Å². The van der Waals surface area contributed by atoms with Crippen LogP contribution in [0, 0.1) is 0 Å². The second-order valence-corrected chi connectivity index (χ2v) is 8.86.